The Balaban J connectivity index is 2.21. The van der Waals surface area contributed by atoms with Crippen LogP contribution in [0.4, 0.5) is 0 Å². The third-order valence-electron chi connectivity index (χ3n) is 3.65. The zero-order valence-corrected chi connectivity index (χ0v) is 11.7. The summed E-state index contributed by atoms with van der Waals surface area (Å²) in [7, 11) is 0. The number of ether oxygens (including phenoxy) is 1. The van der Waals surface area contributed by atoms with Crippen LogP contribution in [0.5, 0.6) is 5.75 Å². The van der Waals surface area contributed by atoms with Crippen molar-refractivity contribution in [1.29, 1.82) is 0 Å². The van der Waals surface area contributed by atoms with Crippen LogP contribution in [0.25, 0.3) is 0 Å². The Hall–Kier alpha value is -2.06. The zero-order valence-electron chi connectivity index (χ0n) is 11.7. The van der Waals surface area contributed by atoms with Gasteiger partial charge in [-0.2, -0.15) is 0 Å². The largest absolute Gasteiger partial charge is 0.508 e. The van der Waals surface area contributed by atoms with Gasteiger partial charge in [0, 0.05) is 5.56 Å². The molecule has 1 unspecified atom stereocenters. The van der Waals surface area contributed by atoms with Gasteiger partial charge in [0.05, 0.1) is 5.60 Å². The van der Waals surface area contributed by atoms with Crippen LogP contribution in [0.2, 0.25) is 0 Å². The van der Waals surface area contributed by atoms with Gasteiger partial charge in [-0.25, -0.2) is 0 Å². The van der Waals surface area contributed by atoms with E-state index in [1.165, 1.54) is 0 Å². The molecule has 1 N–H and O–H groups in total. The highest BCUT2D eigenvalue weighted by molar-refractivity contribution is 5.49. The Labute approximate surface area is 119 Å². The number of benzene rings is 2. The lowest BCUT2D eigenvalue weighted by Crippen LogP contribution is -2.32. The smallest absolute Gasteiger partial charge is 0.141 e. The molecule has 0 radical (unpaired) electrons. The van der Waals surface area contributed by atoms with Gasteiger partial charge < -0.3 is 9.84 Å². The Morgan fingerprint density at radius 3 is 2.10 bits per heavy atom. The van der Waals surface area contributed by atoms with Crippen LogP contribution in [0.15, 0.2) is 66.7 Å². The van der Waals surface area contributed by atoms with E-state index in [1.807, 2.05) is 74.5 Å². The van der Waals surface area contributed by atoms with Crippen molar-refractivity contribution in [3.8, 4) is 5.75 Å². The highest BCUT2D eigenvalue weighted by atomic mass is 16.5. The molecule has 1 aliphatic rings. The predicted molar refractivity (Wildman–Crippen MR) is 79.6 cm³/mol. The number of rotatable bonds is 2. The number of hydrogen-bond acceptors (Lipinski definition) is 2. The van der Waals surface area contributed by atoms with E-state index in [2.05, 4.69) is 0 Å². The Kier molecular flexibility index (Phi) is 2.91. The summed E-state index contributed by atoms with van der Waals surface area (Å²) in [5, 5.41) is 10.3. The molecule has 0 aliphatic carbocycles. The van der Waals surface area contributed by atoms with Crippen molar-refractivity contribution < 1.29 is 9.84 Å². The first-order chi connectivity index (χ1) is 9.54. The molecule has 102 valence electrons. The van der Waals surface area contributed by atoms with E-state index in [0.717, 1.165) is 11.1 Å². The van der Waals surface area contributed by atoms with Crippen molar-refractivity contribution >= 4 is 0 Å². The third-order valence-corrected chi connectivity index (χ3v) is 3.65. The molecule has 2 aromatic carbocycles. The van der Waals surface area contributed by atoms with Crippen LogP contribution in [0.1, 0.15) is 25.0 Å². The summed E-state index contributed by atoms with van der Waals surface area (Å²) in [6.07, 6.45) is 4.09. The molecule has 1 aliphatic heterocycles. The number of phenols is 1. The van der Waals surface area contributed by atoms with E-state index in [9.17, 15) is 5.11 Å². The van der Waals surface area contributed by atoms with Gasteiger partial charge in [-0.05, 0) is 31.6 Å². The number of hydrogen-bond donors (Lipinski definition) is 1. The lowest BCUT2D eigenvalue weighted by Gasteiger charge is -2.33. The van der Waals surface area contributed by atoms with E-state index >= 15 is 0 Å². The minimum Gasteiger partial charge on any atom is -0.508 e. The molecule has 2 aromatic rings. The number of aromatic hydroxyl groups is 1. The monoisotopic (exact) mass is 266 g/mol. The summed E-state index contributed by atoms with van der Waals surface area (Å²) in [4.78, 5) is 0. The Bertz CT molecular complexity index is 643. The van der Waals surface area contributed by atoms with Gasteiger partial charge in [0.2, 0.25) is 0 Å². The normalized spacial score (nSPS) is 23.9. The average Bonchev–Trinajstić information content (AvgIpc) is 2.78. The van der Waals surface area contributed by atoms with Crippen molar-refractivity contribution in [2.45, 2.75) is 25.0 Å². The maximum Gasteiger partial charge on any atom is 0.141 e. The molecule has 0 spiro atoms. The second kappa shape index (κ2) is 4.50. The van der Waals surface area contributed by atoms with Crippen molar-refractivity contribution in [3.63, 3.8) is 0 Å². The first-order valence-electron chi connectivity index (χ1n) is 6.78. The second-order valence-corrected chi connectivity index (χ2v) is 5.66. The first kappa shape index (κ1) is 12.9. The van der Waals surface area contributed by atoms with Gasteiger partial charge in [0.1, 0.15) is 11.4 Å². The van der Waals surface area contributed by atoms with E-state index in [4.69, 9.17) is 4.74 Å². The van der Waals surface area contributed by atoms with Gasteiger partial charge >= 0.3 is 0 Å². The molecule has 0 fully saturated rings. The molecule has 1 atom stereocenters. The van der Waals surface area contributed by atoms with Crippen LogP contribution >= 0.6 is 0 Å². The topological polar surface area (TPSA) is 29.5 Å². The summed E-state index contributed by atoms with van der Waals surface area (Å²) < 4.78 is 6.32. The van der Waals surface area contributed by atoms with E-state index in [1.54, 1.807) is 6.07 Å². The van der Waals surface area contributed by atoms with Crippen LogP contribution in [-0.4, -0.2) is 10.7 Å². The summed E-state index contributed by atoms with van der Waals surface area (Å²) in [6, 6.07) is 17.3. The molecule has 2 heteroatoms. The van der Waals surface area contributed by atoms with Crippen LogP contribution < -0.4 is 0 Å². The Morgan fingerprint density at radius 2 is 1.50 bits per heavy atom. The molecule has 3 rings (SSSR count). The highest BCUT2D eigenvalue weighted by Gasteiger charge is 2.43. The molecule has 0 aromatic heterocycles. The zero-order chi connectivity index (χ0) is 14.2. The molecule has 2 nitrogen and oxygen atoms in total. The third kappa shape index (κ3) is 2.02. The summed E-state index contributed by atoms with van der Waals surface area (Å²) in [5.41, 5.74) is 0.699. The molecular formula is C18H18O2. The lowest BCUT2D eigenvalue weighted by atomic mass is 9.86. The summed E-state index contributed by atoms with van der Waals surface area (Å²) in [5.74, 6) is 0.249. The van der Waals surface area contributed by atoms with Crippen LogP contribution in [0, 0.1) is 0 Å². The van der Waals surface area contributed by atoms with E-state index in [0.29, 0.717) is 0 Å². The number of para-hydroxylation sites is 1. The average molecular weight is 266 g/mol. The SMILES string of the molecule is CC1(C)C=CC(c2ccccc2)(c2ccccc2O)O1. The summed E-state index contributed by atoms with van der Waals surface area (Å²) >= 11 is 0. The van der Waals surface area contributed by atoms with E-state index < -0.39 is 5.60 Å². The van der Waals surface area contributed by atoms with Crippen molar-refractivity contribution in [2.75, 3.05) is 0 Å². The molecule has 1 heterocycles. The molecule has 0 saturated carbocycles. The quantitative estimate of drug-likeness (QED) is 0.832. The highest BCUT2D eigenvalue weighted by Crippen LogP contribution is 2.46. The van der Waals surface area contributed by atoms with Crippen molar-refractivity contribution in [2.24, 2.45) is 0 Å². The standard InChI is InChI=1S/C18H18O2/c1-17(2)12-13-18(20-17,14-8-4-3-5-9-14)15-10-6-7-11-16(15)19/h3-13,19H,1-2H3. The maximum absolute atomic E-state index is 10.3. The Morgan fingerprint density at radius 1 is 0.850 bits per heavy atom. The fourth-order valence-corrected chi connectivity index (χ4v) is 2.73. The predicted octanol–water partition coefficient (Wildman–Crippen LogP) is 4.00. The fraction of sp³-hybridized carbons (Fsp3) is 0.222. The van der Waals surface area contributed by atoms with Gasteiger partial charge in [0.15, 0.2) is 0 Å². The number of phenolic OH excluding ortho intramolecular Hbond substituents is 1. The van der Waals surface area contributed by atoms with Crippen molar-refractivity contribution in [3.05, 3.63) is 77.9 Å². The maximum atomic E-state index is 10.3. The van der Waals surface area contributed by atoms with Gasteiger partial charge in [0.25, 0.3) is 0 Å². The minimum atomic E-state index is -0.726. The molecular weight excluding hydrogens is 248 g/mol. The first-order valence-corrected chi connectivity index (χ1v) is 6.78. The van der Waals surface area contributed by atoms with Gasteiger partial charge in [-0.1, -0.05) is 54.6 Å². The summed E-state index contributed by atoms with van der Waals surface area (Å²) in [6.45, 7) is 4.04. The van der Waals surface area contributed by atoms with Gasteiger partial charge in [-0.15, -0.1) is 0 Å². The van der Waals surface area contributed by atoms with Crippen LogP contribution in [-0.2, 0) is 10.3 Å². The van der Waals surface area contributed by atoms with Gasteiger partial charge in [-0.3, -0.25) is 0 Å². The molecule has 0 bridgehead atoms. The molecule has 0 saturated heterocycles. The van der Waals surface area contributed by atoms with Crippen molar-refractivity contribution in [1.82, 2.24) is 0 Å². The fourth-order valence-electron chi connectivity index (χ4n) is 2.73. The van der Waals surface area contributed by atoms with E-state index in [-0.39, 0.29) is 11.4 Å². The molecule has 0 amide bonds. The second-order valence-electron chi connectivity index (χ2n) is 5.66. The minimum absolute atomic E-state index is 0.249. The lowest BCUT2D eigenvalue weighted by molar-refractivity contribution is -0.0507. The van der Waals surface area contributed by atoms with Crippen LogP contribution in [0.3, 0.4) is 0 Å². The molecule has 20 heavy (non-hydrogen) atoms.